The number of amides is 2. The van der Waals surface area contributed by atoms with Crippen molar-refractivity contribution in [2.45, 2.75) is 19.6 Å². The Labute approximate surface area is 150 Å². The van der Waals surface area contributed by atoms with E-state index in [1.54, 1.807) is 0 Å². The Morgan fingerprint density at radius 2 is 1.92 bits per heavy atom. The maximum Gasteiger partial charge on any atom is 0.416 e. The SMILES string of the molecule is CNC(=O)Nc1ccc(C)n(Cc2cc(C(F)(F)F)cc(Cl)c2F)c1=O. The Morgan fingerprint density at radius 3 is 2.50 bits per heavy atom. The molecule has 0 saturated heterocycles. The van der Waals surface area contributed by atoms with Gasteiger partial charge in [-0.15, -0.1) is 0 Å². The van der Waals surface area contributed by atoms with Crippen molar-refractivity contribution in [3.8, 4) is 0 Å². The molecule has 0 aliphatic rings. The number of nitrogens with zero attached hydrogens (tertiary/aromatic N) is 1. The first-order valence-electron chi connectivity index (χ1n) is 7.29. The third kappa shape index (κ3) is 4.16. The predicted octanol–water partition coefficient (Wildman–Crippen LogP) is 3.77. The summed E-state index contributed by atoms with van der Waals surface area (Å²) in [5.74, 6) is -1.05. The number of rotatable bonds is 3. The lowest BCUT2D eigenvalue weighted by molar-refractivity contribution is -0.137. The van der Waals surface area contributed by atoms with Gasteiger partial charge in [0.2, 0.25) is 0 Å². The quantitative estimate of drug-likeness (QED) is 0.782. The van der Waals surface area contributed by atoms with Gasteiger partial charge in [-0.25, -0.2) is 9.18 Å². The monoisotopic (exact) mass is 391 g/mol. The van der Waals surface area contributed by atoms with E-state index in [9.17, 15) is 27.2 Å². The summed E-state index contributed by atoms with van der Waals surface area (Å²) < 4.78 is 54.0. The summed E-state index contributed by atoms with van der Waals surface area (Å²) in [5.41, 5.74) is -1.95. The highest BCUT2D eigenvalue weighted by Crippen LogP contribution is 2.33. The molecule has 0 atom stereocenters. The number of hydrogen-bond donors (Lipinski definition) is 2. The molecule has 0 aliphatic carbocycles. The van der Waals surface area contributed by atoms with Crippen LogP contribution in [0.15, 0.2) is 29.1 Å². The maximum absolute atomic E-state index is 14.2. The number of aryl methyl sites for hydroxylation is 1. The van der Waals surface area contributed by atoms with Crippen LogP contribution in [0.5, 0.6) is 0 Å². The van der Waals surface area contributed by atoms with E-state index in [0.29, 0.717) is 17.8 Å². The minimum atomic E-state index is -4.71. The van der Waals surface area contributed by atoms with Crippen molar-refractivity contribution in [2.75, 3.05) is 12.4 Å². The summed E-state index contributed by atoms with van der Waals surface area (Å²) in [6.45, 7) is 1.04. The summed E-state index contributed by atoms with van der Waals surface area (Å²) in [4.78, 5) is 23.8. The molecule has 2 amide bonds. The fourth-order valence-electron chi connectivity index (χ4n) is 2.24. The number of alkyl halides is 3. The van der Waals surface area contributed by atoms with Crippen LogP contribution in [0.25, 0.3) is 0 Å². The van der Waals surface area contributed by atoms with Crippen molar-refractivity contribution in [1.29, 1.82) is 0 Å². The number of halogens is 5. The van der Waals surface area contributed by atoms with Crippen LogP contribution in [-0.2, 0) is 12.7 Å². The fraction of sp³-hybridized carbons (Fsp3) is 0.250. The smallest absolute Gasteiger partial charge is 0.341 e. The topological polar surface area (TPSA) is 63.1 Å². The summed E-state index contributed by atoms with van der Waals surface area (Å²) in [6.07, 6.45) is -4.71. The summed E-state index contributed by atoms with van der Waals surface area (Å²) >= 11 is 5.56. The van der Waals surface area contributed by atoms with Crippen LogP contribution in [0.1, 0.15) is 16.8 Å². The molecule has 0 spiro atoms. The molecule has 0 bridgehead atoms. The lowest BCUT2D eigenvalue weighted by Gasteiger charge is -2.15. The molecule has 5 nitrogen and oxygen atoms in total. The van der Waals surface area contributed by atoms with Crippen LogP contribution in [0.2, 0.25) is 5.02 Å². The lowest BCUT2D eigenvalue weighted by Crippen LogP contribution is -2.31. The van der Waals surface area contributed by atoms with Gasteiger partial charge in [-0.1, -0.05) is 11.6 Å². The zero-order valence-corrected chi connectivity index (χ0v) is 14.4. The number of benzene rings is 1. The second-order valence-electron chi connectivity index (χ2n) is 5.41. The molecule has 2 N–H and O–H groups in total. The first-order chi connectivity index (χ1) is 12.0. The Hall–Kier alpha value is -2.55. The van der Waals surface area contributed by atoms with Crippen molar-refractivity contribution >= 4 is 23.3 Å². The molecular weight excluding hydrogens is 378 g/mol. The highest BCUT2D eigenvalue weighted by molar-refractivity contribution is 6.30. The molecule has 0 saturated carbocycles. The van der Waals surface area contributed by atoms with E-state index < -0.39 is 46.3 Å². The molecule has 10 heteroatoms. The van der Waals surface area contributed by atoms with Gasteiger partial charge in [0.15, 0.2) is 0 Å². The standard InChI is InChI=1S/C16H14ClF4N3O2/c1-8-3-4-12(23-15(26)22-2)14(25)24(8)7-9-5-10(16(19,20)21)6-11(17)13(9)18/h3-6H,7H2,1-2H3,(H2,22,23,26). The van der Waals surface area contributed by atoms with Gasteiger partial charge in [-0.2, -0.15) is 13.2 Å². The first-order valence-corrected chi connectivity index (χ1v) is 7.66. The number of aromatic nitrogens is 1. The van der Waals surface area contributed by atoms with E-state index in [1.165, 1.54) is 26.1 Å². The fourth-order valence-corrected chi connectivity index (χ4v) is 2.48. The number of urea groups is 1. The van der Waals surface area contributed by atoms with Gasteiger partial charge < -0.3 is 15.2 Å². The second kappa shape index (κ2) is 7.36. The van der Waals surface area contributed by atoms with Gasteiger partial charge in [0.25, 0.3) is 5.56 Å². The number of hydrogen-bond acceptors (Lipinski definition) is 2. The molecule has 1 aromatic carbocycles. The Morgan fingerprint density at radius 1 is 1.27 bits per heavy atom. The van der Waals surface area contributed by atoms with Crippen molar-refractivity contribution in [1.82, 2.24) is 9.88 Å². The first kappa shape index (κ1) is 19.8. The number of carbonyl (C=O) groups is 1. The Balaban J connectivity index is 2.52. The maximum atomic E-state index is 14.2. The van der Waals surface area contributed by atoms with Gasteiger partial charge >= 0.3 is 12.2 Å². The van der Waals surface area contributed by atoms with Crippen LogP contribution >= 0.6 is 11.6 Å². The molecule has 0 fully saturated rings. The molecule has 0 aliphatic heterocycles. The molecule has 140 valence electrons. The van der Waals surface area contributed by atoms with Crippen molar-refractivity contribution < 1.29 is 22.4 Å². The molecule has 0 radical (unpaired) electrons. The van der Waals surface area contributed by atoms with Crippen LogP contribution in [-0.4, -0.2) is 17.6 Å². The van der Waals surface area contributed by atoms with Crippen molar-refractivity contribution in [2.24, 2.45) is 0 Å². The lowest BCUT2D eigenvalue weighted by atomic mass is 10.1. The van der Waals surface area contributed by atoms with Gasteiger partial charge in [-0.3, -0.25) is 4.79 Å². The predicted molar refractivity (Wildman–Crippen MR) is 89.0 cm³/mol. The van der Waals surface area contributed by atoms with Crippen molar-refractivity contribution in [3.05, 3.63) is 62.3 Å². The van der Waals surface area contributed by atoms with E-state index in [0.717, 1.165) is 4.57 Å². The van der Waals surface area contributed by atoms with Gasteiger partial charge in [-0.05, 0) is 31.2 Å². The van der Waals surface area contributed by atoms with Gasteiger partial charge in [0.1, 0.15) is 11.5 Å². The Kier molecular flexibility index (Phi) is 5.60. The Bertz CT molecular complexity index is 910. The van der Waals surface area contributed by atoms with Crippen LogP contribution < -0.4 is 16.2 Å². The third-order valence-electron chi connectivity index (χ3n) is 3.63. The summed E-state index contributed by atoms with van der Waals surface area (Å²) in [5, 5.41) is 3.86. The second-order valence-corrected chi connectivity index (χ2v) is 5.82. The zero-order chi connectivity index (χ0) is 19.6. The van der Waals surface area contributed by atoms with Gasteiger partial charge in [0, 0.05) is 18.3 Å². The summed E-state index contributed by atoms with van der Waals surface area (Å²) in [7, 11) is 1.35. The largest absolute Gasteiger partial charge is 0.416 e. The van der Waals surface area contributed by atoms with Crippen LogP contribution in [0.4, 0.5) is 28.0 Å². The van der Waals surface area contributed by atoms with E-state index in [-0.39, 0.29) is 5.69 Å². The van der Waals surface area contributed by atoms with Crippen molar-refractivity contribution in [3.63, 3.8) is 0 Å². The highest BCUT2D eigenvalue weighted by atomic mass is 35.5. The molecule has 1 aromatic heterocycles. The molecule has 2 rings (SSSR count). The van der Waals surface area contributed by atoms with Crippen LogP contribution in [0, 0.1) is 12.7 Å². The number of pyridine rings is 1. The minimum Gasteiger partial charge on any atom is -0.341 e. The highest BCUT2D eigenvalue weighted by Gasteiger charge is 2.32. The van der Waals surface area contributed by atoms with Gasteiger partial charge in [0.05, 0.1) is 17.1 Å². The molecular formula is C16H14ClF4N3O2. The number of anilines is 1. The molecule has 26 heavy (non-hydrogen) atoms. The van der Waals surface area contributed by atoms with E-state index >= 15 is 0 Å². The number of carbonyl (C=O) groups excluding carboxylic acids is 1. The van der Waals surface area contributed by atoms with Crippen LogP contribution in [0.3, 0.4) is 0 Å². The third-order valence-corrected chi connectivity index (χ3v) is 3.90. The number of nitrogens with one attached hydrogen (secondary N) is 2. The van der Waals surface area contributed by atoms with E-state index in [1.807, 2.05) is 0 Å². The normalized spacial score (nSPS) is 11.3. The summed E-state index contributed by atoms with van der Waals surface area (Å²) in [6, 6.07) is 3.26. The average molecular weight is 392 g/mol. The molecule has 1 heterocycles. The molecule has 2 aromatic rings. The van der Waals surface area contributed by atoms with E-state index in [4.69, 9.17) is 11.6 Å². The average Bonchev–Trinajstić information content (AvgIpc) is 2.56. The van der Waals surface area contributed by atoms with E-state index in [2.05, 4.69) is 10.6 Å². The zero-order valence-electron chi connectivity index (χ0n) is 13.7. The minimum absolute atomic E-state index is 0.103. The molecule has 0 unspecified atom stereocenters.